The van der Waals surface area contributed by atoms with Crippen molar-refractivity contribution in [1.29, 1.82) is 0 Å². The minimum Gasteiger partial charge on any atom is -0.469 e. The molecule has 4 nitrogen and oxygen atoms in total. The summed E-state index contributed by atoms with van der Waals surface area (Å²) in [5.41, 5.74) is 0. The largest absolute Gasteiger partial charge is 0.469 e. The number of hydrogen-bond donors (Lipinski definition) is 1. The second-order valence-corrected chi connectivity index (χ2v) is 2.89. The van der Waals surface area contributed by atoms with Crippen molar-refractivity contribution in [2.45, 2.75) is 13.3 Å². The monoisotopic (exact) mass is 171 g/mol. The summed E-state index contributed by atoms with van der Waals surface area (Å²) >= 11 is 0. The molecular weight excluding hydrogens is 158 g/mol. The van der Waals surface area contributed by atoms with Crippen molar-refractivity contribution in [2.75, 3.05) is 13.7 Å². The summed E-state index contributed by atoms with van der Waals surface area (Å²) in [5, 5.41) is 2.65. The Morgan fingerprint density at radius 3 is 2.92 bits per heavy atom. The van der Waals surface area contributed by atoms with Gasteiger partial charge in [-0.1, -0.05) is 6.92 Å². The van der Waals surface area contributed by atoms with Crippen LogP contribution in [0.1, 0.15) is 13.3 Å². The molecule has 1 N–H and O–H groups in total. The van der Waals surface area contributed by atoms with Crippen LogP contribution in [0.2, 0.25) is 0 Å². The van der Waals surface area contributed by atoms with Crippen LogP contribution in [0.5, 0.6) is 0 Å². The van der Waals surface area contributed by atoms with Gasteiger partial charge in [-0.25, -0.2) is 0 Å². The molecule has 0 spiro atoms. The molecule has 1 aliphatic heterocycles. The highest BCUT2D eigenvalue weighted by molar-refractivity contribution is 5.88. The van der Waals surface area contributed by atoms with Crippen molar-refractivity contribution in [3.8, 4) is 0 Å². The first-order chi connectivity index (χ1) is 5.70. The molecule has 0 bridgehead atoms. The van der Waals surface area contributed by atoms with Gasteiger partial charge in [-0.15, -0.1) is 0 Å². The number of esters is 1. The van der Waals surface area contributed by atoms with Crippen LogP contribution in [0.25, 0.3) is 0 Å². The summed E-state index contributed by atoms with van der Waals surface area (Å²) in [5.74, 6) is -0.807. The van der Waals surface area contributed by atoms with Crippen LogP contribution in [-0.4, -0.2) is 25.5 Å². The van der Waals surface area contributed by atoms with E-state index in [1.54, 1.807) is 0 Å². The quantitative estimate of drug-likeness (QED) is 0.592. The maximum absolute atomic E-state index is 11.1. The summed E-state index contributed by atoms with van der Waals surface area (Å²) in [6.07, 6.45) is 0.686. The van der Waals surface area contributed by atoms with E-state index >= 15 is 0 Å². The number of hydrogen-bond acceptors (Lipinski definition) is 3. The molecule has 0 aromatic rings. The van der Waals surface area contributed by atoms with Gasteiger partial charge in [0.1, 0.15) is 0 Å². The Morgan fingerprint density at radius 1 is 1.75 bits per heavy atom. The molecule has 68 valence electrons. The molecular formula is C8H13NO3. The zero-order chi connectivity index (χ0) is 9.14. The number of amides is 1. The minimum atomic E-state index is -0.291. The van der Waals surface area contributed by atoms with E-state index < -0.39 is 0 Å². The Hall–Kier alpha value is -1.06. The standard InChI is InChI=1S/C8H13NO3/c1-3-5-6(8(11)12-2)4-9-7(5)10/h5-6H,3-4H2,1-2H3,(H,9,10)/t5?,6-/m1/s1. The third kappa shape index (κ3) is 1.42. The van der Waals surface area contributed by atoms with Crippen LogP contribution in [-0.2, 0) is 14.3 Å². The fraction of sp³-hybridized carbons (Fsp3) is 0.750. The van der Waals surface area contributed by atoms with E-state index in [1.807, 2.05) is 6.92 Å². The van der Waals surface area contributed by atoms with Crippen molar-refractivity contribution in [2.24, 2.45) is 11.8 Å². The van der Waals surface area contributed by atoms with Crippen LogP contribution >= 0.6 is 0 Å². The fourth-order valence-corrected chi connectivity index (χ4v) is 1.54. The van der Waals surface area contributed by atoms with Gasteiger partial charge in [0.2, 0.25) is 5.91 Å². The Kier molecular flexibility index (Phi) is 2.68. The van der Waals surface area contributed by atoms with E-state index in [2.05, 4.69) is 10.1 Å². The SMILES string of the molecule is CCC1C(=O)NC[C@H]1C(=O)OC. The molecule has 4 heteroatoms. The molecule has 0 aromatic heterocycles. The Balaban J connectivity index is 2.66. The van der Waals surface area contributed by atoms with Crippen LogP contribution in [0, 0.1) is 11.8 Å². The van der Waals surface area contributed by atoms with E-state index in [0.29, 0.717) is 13.0 Å². The van der Waals surface area contributed by atoms with E-state index in [-0.39, 0.29) is 23.7 Å². The van der Waals surface area contributed by atoms with Crippen LogP contribution in [0.15, 0.2) is 0 Å². The third-order valence-corrected chi connectivity index (χ3v) is 2.26. The van der Waals surface area contributed by atoms with Crippen molar-refractivity contribution in [3.05, 3.63) is 0 Å². The van der Waals surface area contributed by atoms with Gasteiger partial charge in [-0.3, -0.25) is 9.59 Å². The molecule has 0 aromatic carbocycles. The molecule has 1 unspecified atom stereocenters. The van der Waals surface area contributed by atoms with Crippen LogP contribution in [0.4, 0.5) is 0 Å². The third-order valence-electron chi connectivity index (χ3n) is 2.26. The second kappa shape index (κ2) is 3.56. The average Bonchev–Trinajstić information content (AvgIpc) is 2.45. The van der Waals surface area contributed by atoms with Gasteiger partial charge in [0, 0.05) is 6.54 Å². The first kappa shape index (κ1) is 9.03. The van der Waals surface area contributed by atoms with E-state index in [9.17, 15) is 9.59 Å². The molecule has 1 rings (SSSR count). The molecule has 0 saturated carbocycles. The highest BCUT2D eigenvalue weighted by atomic mass is 16.5. The molecule has 1 heterocycles. The van der Waals surface area contributed by atoms with Crippen molar-refractivity contribution >= 4 is 11.9 Å². The number of rotatable bonds is 2. The topological polar surface area (TPSA) is 55.4 Å². The lowest BCUT2D eigenvalue weighted by Crippen LogP contribution is -2.24. The number of carbonyl (C=O) groups excluding carboxylic acids is 2. The number of nitrogens with one attached hydrogen (secondary N) is 1. The van der Waals surface area contributed by atoms with Crippen LogP contribution < -0.4 is 5.32 Å². The maximum Gasteiger partial charge on any atom is 0.311 e. The first-order valence-corrected chi connectivity index (χ1v) is 4.06. The van der Waals surface area contributed by atoms with Crippen molar-refractivity contribution in [3.63, 3.8) is 0 Å². The molecule has 0 aliphatic carbocycles. The molecule has 1 saturated heterocycles. The molecule has 0 radical (unpaired) electrons. The minimum absolute atomic E-state index is 0.0344. The average molecular weight is 171 g/mol. The van der Waals surface area contributed by atoms with Gasteiger partial charge < -0.3 is 10.1 Å². The molecule has 12 heavy (non-hydrogen) atoms. The lowest BCUT2D eigenvalue weighted by Gasteiger charge is -2.11. The lowest BCUT2D eigenvalue weighted by molar-refractivity contribution is -0.147. The highest BCUT2D eigenvalue weighted by Gasteiger charge is 2.38. The molecule has 1 fully saturated rings. The predicted octanol–water partition coefficient (Wildman–Crippen LogP) is -0.0684. The summed E-state index contributed by atoms with van der Waals surface area (Å²) < 4.78 is 4.58. The second-order valence-electron chi connectivity index (χ2n) is 2.89. The lowest BCUT2D eigenvalue weighted by atomic mass is 9.93. The summed E-state index contributed by atoms with van der Waals surface area (Å²) in [6.45, 7) is 2.32. The Morgan fingerprint density at radius 2 is 2.42 bits per heavy atom. The maximum atomic E-state index is 11.1. The van der Waals surface area contributed by atoms with Crippen LogP contribution in [0.3, 0.4) is 0 Å². The van der Waals surface area contributed by atoms with E-state index in [4.69, 9.17) is 0 Å². The number of ether oxygens (including phenoxy) is 1. The zero-order valence-electron chi connectivity index (χ0n) is 7.29. The molecule has 1 aliphatic rings. The highest BCUT2D eigenvalue weighted by Crippen LogP contribution is 2.21. The molecule has 2 atom stereocenters. The summed E-state index contributed by atoms with van der Waals surface area (Å²) in [7, 11) is 1.35. The van der Waals surface area contributed by atoms with Gasteiger partial charge in [0.25, 0.3) is 0 Å². The molecule has 1 amide bonds. The van der Waals surface area contributed by atoms with Gasteiger partial charge in [0.05, 0.1) is 18.9 Å². The van der Waals surface area contributed by atoms with Gasteiger partial charge in [-0.2, -0.15) is 0 Å². The van der Waals surface area contributed by atoms with E-state index in [0.717, 1.165) is 0 Å². The van der Waals surface area contributed by atoms with Crippen molar-refractivity contribution < 1.29 is 14.3 Å². The van der Waals surface area contributed by atoms with Crippen molar-refractivity contribution in [1.82, 2.24) is 5.32 Å². The van der Waals surface area contributed by atoms with Gasteiger partial charge >= 0.3 is 5.97 Å². The van der Waals surface area contributed by atoms with E-state index in [1.165, 1.54) is 7.11 Å². The Labute approximate surface area is 71.3 Å². The van der Waals surface area contributed by atoms with Gasteiger partial charge in [0.15, 0.2) is 0 Å². The number of methoxy groups -OCH3 is 1. The summed E-state index contributed by atoms with van der Waals surface area (Å²) in [4.78, 5) is 22.2. The Bertz CT molecular complexity index is 202. The fourth-order valence-electron chi connectivity index (χ4n) is 1.54. The first-order valence-electron chi connectivity index (χ1n) is 4.06. The smallest absolute Gasteiger partial charge is 0.311 e. The number of carbonyl (C=O) groups is 2. The zero-order valence-corrected chi connectivity index (χ0v) is 7.29. The summed E-state index contributed by atoms with van der Waals surface area (Å²) in [6, 6.07) is 0. The predicted molar refractivity (Wildman–Crippen MR) is 42.3 cm³/mol. The van der Waals surface area contributed by atoms with Gasteiger partial charge in [-0.05, 0) is 6.42 Å². The normalized spacial score (nSPS) is 28.3.